The summed E-state index contributed by atoms with van der Waals surface area (Å²) >= 11 is 6.14. The summed E-state index contributed by atoms with van der Waals surface area (Å²) in [7, 11) is -3.91. The molecule has 0 saturated carbocycles. The number of benzene rings is 1. The number of hydrogen-bond donors (Lipinski definition) is 2. The molecule has 0 aliphatic rings. The van der Waals surface area contributed by atoms with Crippen molar-refractivity contribution in [1.82, 2.24) is 9.97 Å². The zero-order valence-electron chi connectivity index (χ0n) is 10.1. The largest absolute Gasteiger partial charge is 0.478 e. The number of halogens is 2. The molecule has 0 spiro atoms. The van der Waals surface area contributed by atoms with Gasteiger partial charge in [0.15, 0.2) is 5.82 Å². The van der Waals surface area contributed by atoms with E-state index in [1.807, 2.05) is 0 Å². The lowest BCUT2D eigenvalue weighted by atomic mass is 10.2. The van der Waals surface area contributed by atoms with Crippen molar-refractivity contribution in [2.24, 2.45) is 0 Å². The molecule has 0 atom stereocenters. The second kappa shape index (κ2) is 6.08. The van der Waals surface area contributed by atoms with Gasteiger partial charge in [0.2, 0.25) is 0 Å². The summed E-state index contributed by atoms with van der Waals surface area (Å²) in [6.07, 6.45) is 2.60. The third kappa shape index (κ3) is 3.77. The average Bonchev–Trinajstić information content (AvgIpc) is 2.40. The molecule has 1 aromatic carbocycles. The molecule has 0 bridgehead atoms. The van der Waals surface area contributed by atoms with Crippen LogP contribution in [0.25, 0.3) is 0 Å². The number of aromatic carboxylic acids is 1. The Hall–Kier alpha value is -1.52. The van der Waals surface area contributed by atoms with Gasteiger partial charge in [0.1, 0.15) is 9.50 Å². The molecule has 1 heterocycles. The molecular weight excluding hydrogens is 430 g/mol. The first-order valence-electron chi connectivity index (χ1n) is 5.33. The number of sulfonamides is 1. The second-order valence-corrected chi connectivity index (χ2v) is 7.10. The van der Waals surface area contributed by atoms with Crippen molar-refractivity contribution in [3.05, 3.63) is 45.2 Å². The molecule has 2 aromatic rings. The van der Waals surface area contributed by atoms with Gasteiger partial charge in [0.25, 0.3) is 10.0 Å². The Balaban J connectivity index is 2.35. The van der Waals surface area contributed by atoms with Crippen LogP contribution >= 0.6 is 31.9 Å². The molecule has 0 aliphatic carbocycles. The maximum Gasteiger partial charge on any atom is 0.335 e. The summed E-state index contributed by atoms with van der Waals surface area (Å²) in [4.78, 5) is 18.4. The van der Waals surface area contributed by atoms with Gasteiger partial charge in [-0.25, -0.2) is 23.2 Å². The van der Waals surface area contributed by atoms with Crippen LogP contribution < -0.4 is 4.72 Å². The maximum absolute atomic E-state index is 12.2. The molecule has 0 unspecified atom stereocenters. The van der Waals surface area contributed by atoms with E-state index >= 15 is 0 Å². The van der Waals surface area contributed by atoms with E-state index in [0.29, 0.717) is 4.60 Å². The monoisotopic (exact) mass is 435 g/mol. The van der Waals surface area contributed by atoms with Crippen LogP contribution in [0.4, 0.5) is 5.82 Å². The Morgan fingerprint density at radius 2 is 1.90 bits per heavy atom. The van der Waals surface area contributed by atoms with Crippen molar-refractivity contribution in [3.8, 4) is 0 Å². The predicted molar refractivity (Wildman–Crippen MR) is 81.6 cm³/mol. The molecule has 1 aromatic heterocycles. The Bertz CT molecular complexity index is 794. The molecule has 0 amide bonds. The van der Waals surface area contributed by atoms with E-state index in [0.717, 1.165) is 0 Å². The normalized spacial score (nSPS) is 11.1. The summed E-state index contributed by atoms with van der Waals surface area (Å²) in [5.74, 6) is -1.10. The molecule has 7 nitrogen and oxygen atoms in total. The average molecular weight is 437 g/mol. The summed E-state index contributed by atoms with van der Waals surface area (Å²) < 4.78 is 27.3. The molecule has 0 saturated heterocycles. The number of nitrogens with one attached hydrogen (secondary N) is 1. The standard InChI is InChI=1S/C11H7Br2N3O4S/c12-7-3-6(11(17)18)1-2-8(7)21(19,20)16-10-5-14-9(13)4-15-10/h1-5H,(H,15,16)(H,17,18). The van der Waals surface area contributed by atoms with Crippen molar-refractivity contribution < 1.29 is 18.3 Å². The topological polar surface area (TPSA) is 109 Å². The van der Waals surface area contributed by atoms with Crippen LogP contribution in [-0.2, 0) is 10.0 Å². The predicted octanol–water partition coefficient (Wildman–Crippen LogP) is 2.50. The minimum absolute atomic E-state index is 0.0238. The fourth-order valence-corrected chi connectivity index (χ4v) is 3.69. The lowest BCUT2D eigenvalue weighted by Crippen LogP contribution is -2.15. The zero-order valence-corrected chi connectivity index (χ0v) is 14.1. The van der Waals surface area contributed by atoms with E-state index in [9.17, 15) is 13.2 Å². The van der Waals surface area contributed by atoms with Gasteiger partial charge in [-0.3, -0.25) is 4.72 Å². The first-order valence-corrected chi connectivity index (χ1v) is 8.40. The summed E-state index contributed by atoms with van der Waals surface area (Å²) in [5, 5.41) is 8.86. The number of carboxylic acids is 1. The van der Waals surface area contributed by atoms with Crippen LogP contribution in [0.3, 0.4) is 0 Å². The first-order chi connectivity index (χ1) is 9.79. The van der Waals surface area contributed by atoms with E-state index in [1.165, 1.54) is 30.6 Å². The van der Waals surface area contributed by atoms with Gasteiger partial charge in [-0.05, 0) is 50.1 Å². The third-order valence-corrected chi connectivity index (χ3v) is 5.07. The molecule has 0 radical (unpaired) electrons. The SMILES string of the molecule is O=C(O)c1ccc(S(=O)(=O)Nc2cnc(Br)cn2)c(Br)c1. The second-order valence-electron chi connectivity index (χ2n) is 3.78. The van der Waals surface area contributed by atoms with Crippen molar-refractivity contribution in [2.75, 3.05) is 4.72 Å². The smallest absolute Gasteiger partial charge is 0.335 e. The van der Waals surface area contributed by atoms with Crippen LogP contribution in [0.15, 0.2) is 44.6 Å². The third-order valence-electron chi connectivity index (χ3n) is 2.33. The molecular formula is C11H7Br2N3O4S. The van der Waals surface area contributed by atoms with E-state index < -0.39 is 16.0 Å². The molecule has 2 N–H and O–H groups in total. The number of anilines is 1. The van der Waals surface area contributed by atoms with Gasteiger partial charge in [-0.2, -0.15) is 0 Å². The fourth-order valence-electron chi connectivity index (χ4n) is 1.41. The van der Waals surface area contributed by atoms with Gasteiger partial charge in [-0.1, -0.05) is 0 Å². The van der Waals surface area contributed by atoms with Crippen molar-refractivity contribution in [2.45, 2.75) is 4.90 Å². The van der Waals surface area contributed by atoms with Crippen LogP contribution in [0.2, 0.25) is 0 Å². The molecule has 10 heteroatoms. The number of hydrogen-bond acceptors (Lipinski definition) is 5. The number of aromatic nitrogens is 2. The lowest BCUT2D eigenvalue weighted by molar-refractivity contribution is 0.0696. The van der Waals surface area contributed by atoms with Gasteiger partial charge < -0.3 is 5.11 Å². The fraction of sp³-hybridized carbons (Fsp3) is 0. The number of nitrogens with zero attached hydrogens (tertiary/aromatic N) is 2. The minimum Gasteiger partial charge on any atom is -0.478 e. The van der Waals surface area contributed by atoms with Crippen LogP contribution in [0.1, 0.15) is 10.4 Å². The van der Waals surface area contributed by atoms with Gasteiger partial charge in [-0.15, -0.1) is 0 Å². The minimum atomic E-state index is -3.91. The highest BCUT2D eigenvalue weighted by Crippen LogP contribution is 2.25. The van der Waals surface area contributed by atoms with Crippen molar-refractivity contribution >= 4 is 53.7 Å². The summed E-state index contributed by atoms with van der Waals surface area (Å²) in [5.41, 5.74) is -0.0238. The summed E-state index contributed by atoms with van der Waals surface area (Å²) in [6.45, 7) is 0. The van der Waals surface area contributed by atoms with E-state index in [1.54, 1.807) is 0 Å². The quantitative estimate of drug-likeness (QED) is 0.761. The van der Waals surface area contributed by atoms with Gasteiger partial charge in [0.05, 0.1) is 18.0 Å². The first kappa shape index (κ1) is 15.9. The number of carboxylic acid groups (broad SMARTS) is 1. The molecule has 0 fully saturated rings. The van der Waals surface area contributed by atoms with Crippen molar-refractivity contribution in [1.29, 1.82) is 0 Å². The van der Waals surface area contributed by atoms with E-state index in [-0.39, 0.29) is 20.7 Å². The molecule has 0 aliphatic heterocycles. The van der Waals surface area contributed by atoms with Gasteiger partial charge >= 0.3 is 5.97 Å². The van der Waals surface area contributed by atoms with Crippen LogP contribution in [0.5, 0.6) is 0 Å². The highest BCUT2D eigenvalue weighted by atomic mass is 79.9. The van der Waals surface area contributed by atoms with Crippen LogP contribution in [-0.4, -0.2) is 29.5 Å². The van der Waals surface area contributed by atoms with E-state index in [2.05, 4.69) is 46.5 Å². The van der Waals surface area contributed by atoms with E-state index in [4.69, 9.17) is 5.11 Å². The molecule has 110 valence electrons. The Morgan fingerprint density at radius 3 is 2.43 bits per heavy atom. The molecule has 2 rings (SSSR count). The van der Waals surface area contributed by atoms with Crippen LogP contribution in [0, 0.1) is 0 Å². The number of rotatable bonds is 4. The Kier molecular flexibility index (Phi) is 4.59. The maximum atomic E-state index is 12.2. The Morgan fingerprint density at radius 1 is 1.19 bits per heavy atom. The number of carbonyl (C=O) groups is 1. The van der Waals surface area contributed by atoms with Gasteiger partial charge in [0, 0.05) is 4.47 Å². The Labute approximate surface area is 136 Å². The zero-order chi connectivity index (χ0) is 15.6. The molecule has 21 heavy (non-hydrogen) atoms. The highest BCUT2D eigenvalue weighted by molar-refractivity contribution is 9.10. The lowest BCUT2D eigenvalue weighted by Gasteiger charge is -2.09. The summed E-state index contributed by atoms with van der Waals surface area (Å²) in [6, 6.07) is 3.61. The van der Waals surface area contributed by atoms with Crippen molar-refractivity contribution in [3.63, 3.8) is 0 Å². The highest BCUT2D eigenvalue weighted by Gasteiger charge is 2.19.